The fourth-order valence-corrected chi connectivity index (χ4v) is 2.11. The topological polar surface area (TPSA) is 75.6 Å². The molecule has 0 aromatic carbocycles. The van der Waals surface area contributed by atoms with Gasteiger partial charge in [0, 0.05) is 13.0 Å². The van der Waals surface area contributed by atoms with Crippen molar-refractivity contribution in [3.63, 3.8) is 0 Å². The molecule has 0 bridgehead atoms. The fraction of sp³-hybridized carbons (Fsp3) is 0.455. The van der Waals surface area contributed by atoms with Gasteiger partial charge in [0.2, 0.25) is 0 Å². The molecule has 0 aliphatic heterocycles. The summed E-state index contributed by atoms with van der Waals surface area (Å²) < 4.78 is 28.4. The Labute approximate surface area is 112 Å². The quantitative estimate of drug-likeness (QED) is 0.808. The van der Waals surface area contributed by atoms with E-state index in [1.807, 2.05) is 0 Å². The van der Waals surface area contributed by atoms with Crippen LogP contribution >= 0.6 is 11.3 Å². The molecule has 2 N–H and O–H groups in total. The van der Waals surface area contributed by atoms with Crippen LogP contribution in [0.25, 0.3) is 0 Å². The average Bonchev–Trinajstić information content (AvgIpc) is 2.72. The Morgan fingerprint density at radius 3 is 2.79 bits per heavy atom. The maximum Gasteiger partial charge on any atom is 0.387 e. The number of amides is 1. The SMILES string of the molecule is CC(CNC(=O)c1sccc1OC(F)F)CC(=O)O. The van der Waals surface area contributed by atoms with Crippen LogP contribution < -0.4 is 10.1 Å². The number of carbonyl (C=O) groups excluding carboxylic acids is 1. The molecule has 0 aliphatic rings. The summed E-state index contributed by atoms with van der Waals surface area (Å²) in [6.45, 7) is -1.18. The van der Waals surface area contributed by atoms with Crippen LogP contribution in [0.1, 0.15) is 23.0 Å². The lowest BCUT2D eigenvalue weighted by Gasteiger charge is -2.10. The number of ether oxygens (including phenoxy) is 1. The van der Waals surface area contributed by atoms with Crippen molar-refractivity contribution in [2.45, 2.75) is 20.0 Å². The summed E-state index contributed by atoms with van der Waals surface area (Å²) >= 11 is 0.979. The number of alkyl halides is 2. The molecule has 106 valence electrons. The van der Waals surface area contributed by atoms with Crippen LogP contribution in [0, 0.1) is 5.92 Å². The fourth-order valence-electron chi connectivity index (χ4n) is 1.37. The van der Waals surface area contributed by atoms with Crippen molar-refractivity contribution in [3.8, 4) is 5.75 Å². The van der Waals surface area contributed by atoms with E-state index in [1.165, 1.54) is 11.4 Å². The Morgan fingerprint density at radius 2 is 2.21 bits per heavy atom. The van der Waals surface area contributed by atoms with Crippen molar-refractivity contribution in [3.05, 3.63) is 16.3 Å². The molecule has 0 saturated carbocycles. The van der Waals surface area contributed by atoms with Gasteiger partial charge in [-0.1, -0.05) is 6.92 Å². The Morgan fingerprint density at radius 1 is 1.53 bits per heavy atom. The highest BCUT2D eigenvalue weighted by atomic mass is 32.1. The van der Waals surface area contributed by atoms with E-state index in [9.17, 15) is 18.4 Å². The number of carbonyl (C=O) groups is 2. The molecule has 0 fully saturated rings. The van der Waals surface area contributed by atoms with Crippen LogP contribution in [0.4, 0.5) is 8.78 Å². The lowest BCUT2D eigenvalue weighted by Crippen LogP contribution is -2.29. The molecule has 0 aliphatic carbocycles. The van der Waals surface area contributed by atoms with E-state index in [0.29, 0.717) is 0 Å². The Balaban J connectivity index is 2.54. The van der Waals surface area contributed by atoms with Gasteiger partial charge >= 0.3 is 12.6 Å². The molecule has 5 nitrogen and oxygen atoms in total. The maximum atomic E-state index is 12.1. The van der Waals surface area contributed by atoms with Gasteiger partial charge in [0.1, 0.15) is 10.6 Å². The molecule has 8 heteroatoms. The van der Waals surface area contributed by atoms with Crippen LogP contribution in [0.5, 0.6) is 5.75 Å². The van der Waals surface area contributed by atoms with E-state index in [0.717, 1.165) is 11.3 Å². The summed E-state index contributed by atoms with van der Waals surface area (Å²) in [6.07, 6.45) is -0.0783. The standard InChI is InChI=1S/C11H13F2NO4S/c1-6(4-8(15)16)5-14-10(17)9-7(2-3-19-9)18-11(12)13/h2-3,6,11H,4-5H2,1H3,(H,14,17)(H,15,16). The predicted molar refractivity (Wildman–Crippen MR) is 64.7 cm³/mol. The zero-order chi connectivity index (χ0) is 14.4. The van der Waals surface area contributed by atoms with E-state index in [2.05, 4.69) is 10.1 Å². The third kappa shape index (κ3) is 5.21. The summed E-state index contributed by atoms with van der Waals surface area (Å²) in [6, 6.07) is 1.28. The van der Waals surface area contributed by atoms with Gasteiger partial charge in [0.25, 0.3) is 5.91 Å². The number of aliphatic carboxylic acids is 1. The first kappa shape index (κ1) is 15.4. The van der Waals surface area contributed by atoms with Crippen molar-refractivity contribution in [1.29, 1.82) is 0 Å². The zero-order valence-corrected chi connectivity index (χ0v) is 10.9. The van der Waals surface area contributed by atoms with Crippen LogP contribution in [-0.2, 0) is 4.79 Å². The summed E-state index contributed by atoms with van der Waals surface area (Å²) in [5.41, 5.74) is 0. The minimum atomic E-state index is -2.99. The third-order valence-corrected chi connectivity index (χ3v) is 3.08. The lowest BCUT2D eigenvalue weighted by molar-refractivity contribution is -0.137. The summed E-state index contributed by atoms with van der Waals surface area (Å²) in [4.78, 5) is 22.2. The lowest BCUT2D eigenvalue weighted by atomic mass is 10.1. The molecule has 1 aromatic rings. The predicted octanol–water partition coefficient (Wildman–Crippen LogP) is 2.19. The van der Waals surface area contributed by atoms with Crippen molar-refractivity contribution in [2.75, 3.05) is 6.54 Å². The number of thiophene rings is 1. The Hall–Kier alpha value is -1.70. The second kappa shape index (κ2) is 7.03. The minimum Gasteiger partial charge on any atom is -0.481 e. The van der Waals surface area contributed by atoms with E-state index >= 15 is 0 Å². The number of carboxylic acids is 1. The molecule has 1 unspecified atom stereocenters. The van der Waals surface area contributed by atoms with E-state index in [4.69, 9.17) is 5.11 Å². The molecule has 0 radical (unpaired) electrons. The number of hydrogen-bond donors (Lipinski definition) is 2. The molecule has 0 saturated heterocycles. The second-order valence-corrected chi connectivity index (χ2v) is 4.82. The Bertz CT molecular complexity index is 450. The molecule has 1 atom stereocenters. The first-order valence-corrected chi connectivity index (χ1v) is 6.30. The van der Waals surface area contributed by atoms with Crippen molar-refractivity contribution < 1.29 is 28.2 Å². The monoisotopic (exact) mass is 293 g/mol. The highest BCUT2D eigenvalue weighted by Crippen LogP contribution is 2.26. The first-order chi connectivity index (χ1) is 8.90. The van der Waals surface area contributed by atoms with Crippen LogP contribution in [0.3, 0.4) is 0 Å². The van der Waals surface area contributed by atoms with Crippen molar-refractivity contribution in [1.82, 2.24) is 5.32 Å². The average molecular weight is 293 g/mol. The highest BCUT2D eigenvalue weighted by Gasteiger charge is 2.18. The number of carboxylic acid groups (broad SMARTS) is 1. The molecular formula is C11H13F2NO4S. The maximum absolute atomic E-state index is 12.1. The third-order valence-electron chi connectivity index (χ3n) is 2.19. The molecule has 19 heavy (non-hydrogen) atoms. The van der Waals surface area contributed by atoms with Crippen LogP contribution in [0.15, 0.2) is 11.4 Å². The smallest absolute Gasteiger partial charge is 0.387 e. The summed E-state index contributed by atoms with van der Waals surface area (Å²) in [5.74, 6) is -1.94. The molecular weight excluding hydrogens is 280 g/mol. The van der Waals surface area contributed by atoms with Gasteiger partial charge in [0.05, 0.1) is 0 Å². The van der Waals surface area contributed by atoms with Gasteiger partial charge in [-0.2, -0.15) is 8.78 Å². The van der Waals surface area contributed by atoms with Crippen molar-refractivity contribution in [2.24, 2.45) is 5.92 Å². The Kier molecular flexibility index (Phi) is 5.68. The summed E-state index contributed by atoms with van der Waals surface area (Å²) in [7, 11) is 0. The number of halogens is 2. The van der Waals surface area contributed by atoms with E-state index < -0.39 is 18.5 Å². The summed E-state index contributed by atoms with van der Waals surface area (Å²) in [5, 5.41) is 12.5. The van der Waals surface area contributed by atoms with E-state index in [1.54, 1.807) is 6.92 Å². The number of nitrogens with one attached hydrogen (secondary N) is 1. The molecule has 1 amide bonds. The van der Waals surface area contributed by atoms with Crippen LogP contribution in [-0.4, -0.2) is 30.1 Å². The van der Waals surface area contributed by atoms with E-state index in [-0.39, 0.29) is 29.5 Å². The van der Waals surface area contributed by atoms with Gasteiger partial charge in [-0.05, 0) is 17.4 Å². The largest absolute Gasteiger partial charge is 0.481 e. The van der Waals surface area contributed by atoms with Crippen LogP contribution in [0.2, 0.25) is 0 Å². The minimum absolute atomic E-state index is 0.0443. The molecule has 1 rings (SSSR count). The van der Waals surface area contributed by atoms with Gasteiger partial charge < -0.3 is 15.2 Å². The zero-order valence-electron chi connectivity index (χ0n) is 10.1. The van der Waals surface area contributed by atoms with Crippen molar-refractivity contribution >= 4 is 23.2 Å². The van der Waals surface area contributed by atoms with Gasteiger partial charge in [0.15, 0.2) is 0 Å². The number of rotatable bonds is 7. The number of hydrogen-bond acceptors (Lipinski definition) is 4. The molecule has 0 spiro atoms. The molecule has 1 aromatic heterocycles. The first-order valence-electron chi connectivity index (χ1n) is 5.42. The van der Waals surface area contributed by atoms with Gasteiger partial charge in [-0.15, -0.1) is 11.3 Å². The molecule has 1 heterocycles. The second-order valence-electron chi connectivity index (χ2n) is 3.91. The highest BCUT2D eigenvalue weighted by molar-refractivity contribution is 7.12. The van der Waals surface area contributed by atoms with Gasteiger partial charge in [-0.25, -0.2) is 0 Å². The normalized spacial score (nSPS) is 12.2. The van der Waals surface area contributed by atoms with Gasteiger partial charge in [-0.3, -0.25) is 9.59 Å².